The molecule has 0 fully saturated rings. The van der Waals surface area contributed by atoms with E-state index in [9.17, 15) is 4.79 Å². The maximum Gasteiger partial charge on any atom is 0.316 e. The molecule has 6 nitrogen and oxygen atoms in total. The number of methoxy groups -OCH3 is 1. The number of urea groups is 1. The van der Waals surface area contributed by atoms with Gasteiger partial charge in [0.2, 0.25) is 0 Å². The van der Waals surface area contributed by atoms with Gasteiger partial charge in [0.05, 0.1) is 13.2 Å². The fourth-order valence-electron chi connectivity index (χ4n) is 3.25. The second kappa shape index (κ2) is 9.01. The Labute approximate surface area is 175 Å². The first-order chi connectivity index (χ1) is 13.9. The van der Waals surface area contributed by atoms with Crippen LogP contribution in [0.2, 0.25) is 5.02 Å². The van der Waals surface area contributed by atoms with E-state index in [4.69, 9.17) is 16.3 Å². The summed E-state index contributed by atoms with van der Waals surface area (Å²) in [7, 11) is 3.52. The van der Waals surface area contributed by atoms with Crippen LogP contribution in [0.4, 0.5) is 4.79 Å². The first kappa shape index (κ1) is 20.7. The van der Waals surface area contributed by atoms with E-state index < -0.39 is 6.04 Å². The number of nitrogens with zero attached hydrogens (tertiary/aromatic N) is 2. The summed E-state index contributed by atoms with van der Waals surface area (Å²) in [5.41, 5.74) is 2.91. The van der Waals surface area contributed by atoms with Crippen molar-refractivity contribution in [3.05, 3.63) is 82.4 Å². The number of ether oxygens (including phenoxy) is 1. The van der Waals surface area contributed by atoms with Crippen LogP contribution in [-0.4, -0.2) is 22.7 Å². The van der Waals surface area contributed by atoms with Crippen molar-refractivity contribution < 1.29 is 9.53 Å². The predicted octanol–water partition coefficient (Wildman–Crippen LogP) is 4.54. The Morgan fingerprint density at radius 2 is 1.90 bits per heavy atom. The molecule has 2 N–H and O–H groups in total. The number of aromatic nitrogens is 2. The maximum absolute atomic E-state index is 12.8. The molecule has 152 valence electrons. The number of halogens is 1. The lowest BCUT2D eigenvalue weighted by Gasteiger charge is -2.22. The third kappa shape index (κ3) is 4.90. The van der Waals surface area contributed by atoms with E-state index in [1.807, 2.05) is 62.0 Å². The van der Waals surface area contributed by atoms with Gasteiger partial charge in [-0.25, -0.2) is 9.78 Å². The molecular formula is C22H25ClN4O2. The van der Waals surface area contributed by atoms with Crippen molar-refractivity contribution in [2.75, 3.05) is 7.11 Å². The molecule has 2 aromatic carbocycles. The van der Waals surface area contributed by atoms with E-state index in [0.29, 0.717) is 5.02 Å². The summed E-state index contributed by atoms with van der Waals surface area (Å²) in [6, 6.07) is 12.3. The number of imidazole rings is 1. The minimum atomic E-state index is -0.418. The summed E-state index contributed by atoms with van der Waals surface area (Å²) in [6.07, 6.45) is 3.55. The first-order valence-electron chi connectivity index (χ1n) is 9.33. The molecule has 2 amide bonds. The van der Waals surface area contributed by atoms with E-state index in [1.165, 1.54) is 0 Å². The highest BCUT2D eigenvalue weighted by Crippen LogP contribution is 2.27. The van der Waals surface area contributed by atoms with Crippen molar-refractivity contribution >= 4 is 17.6 Å². The average Bonchev–Trinajstić information content (AvgIpc) is 3.12. The Morgan fingerprint density at radius 3 is 2.52 bits per heavy atom. The van der Waals surface area contributed by atoms with Crippen LogP contribution < -0.4 is 15.4 Å². The predicted molar refractivity (Wildman–Crippen MR) is 114 cm³/mol. The lowest BCUT2D eigenvalue weighted by atomic mass is 10.0. The number of nitrogens with one attached hydrogen (secondary N) is 2. The highest BCUT2D eigenvalue weighted by Gasteiger charge is 2.22. The Bertz CT molecular complexity index is 985. The van der Waals surface area contributed by atoms with Gasteiger partial charge in [-0.3, -0.25) is 0 Å². The highest BCUT2D eigenvalue weighted by molar-refractivity contribution is 6.30. The second-order valence-corrected chi connectivity index (χ2v) is 7.40. The van der Waals surface area contributed by atoms with Crippen LogP contribution in [-0.2, 0) is 7.05 Å². The van der Waals surface area contributed by atoms with E-state index >= 15 is 0 Å². The quantitative estimate of drug-likeness (QED) is 0.624. The molecule has 2 unspecified atom stereocenters. The van der Waals surface area contributed by atoms with Crippen LogP contribution >= 0.6 is 11.6 Å². The molecule has 3 rings (SSSR count). The molecule has 1 aromatic heterocycles. The number of carbonyl (C=O) groups excluding carboxylic acids is 1. The van der Waals surface area contributed by atoms with Crippen molar-refractivity contribution in [2.24, 2.45) is 7.05 Å². The molecule has 0 saturated carbocycles. The van der Waals surface area contributed by atoms with E-state index in [-0.39, 0.29) is 12.1 Å². The van der Waals surface area contributed by atoms with Gasteiger partial charge in [-0.05, 0) is 37.6 Å². The van der Waals surface area contributed by atoms with E-state index in [1.54, 1.807) is 25.4 Å². The zero-order chi connectivity index (χ0) is 21.0. The minimum Gasteiger partial charge on any atom is -0.496 e. The van der Waals surface area contributed by atoms with Gasteiger partial charge in [0.25, 0.3) is 0 Å². The monoisotopic (exact) mass is 412 g/mol. The van der Waals surface area contributed by atoms with Gasteiger partial charge in [0.1, 0.15) is 17.6 Å². The average molecular weight is 413 g/mol. The van der Waals surface area contributed by atoms with Crippen LogP contribution in [0.5, 0.6) is 5.75 Å². The number of hydrogen-bond acceptors (Lipinski definition) is 3. The fourth-order valence-corrected chi connectivity index (χ4v) is 3.37. The van der Waals surface area contributed by atoms with Gasteiger partial charge in [0, 0.05) is 30.0 Å². The summed E-state index contributed by atoms with van der Waals surface area (Å²) >= 11 is 6.02. The van der Waals surface area contributed by atoms with E-state index in [0.717, 1.165) is 28.3 Å². The molecule has 0 aliphatic carbocycles. The lowest BCUT2D eigenvalue weighted by molar-refractivity contribution is 0.235. The zero-order valence-electron chi connectivity index (χ0n) is 16.9. The van der Waals surface area contributed by atoms with Gasteiger partial charge in [-0.2, -0.15) is 0 Å². The second-order valence-electron chi connectivity index (χ2n) is 6.97. The molecule has 29 heavy (non-hydrogen) atoms. The molecule has 0 saturated heterocycles. The van der Waals surface area contributed by atoms with Crippen LogP contribution in [0, 0.1) is 6.92 Å². The van der Waals surface area contributed by atoms with Gasteiger partial charge >= 0.3 is 6.03 Å². The third-order valence-corrected chi connectivity index (χ3v) is 5.05. The normalized spacial score (nSPS) is 12.9. The van der Waals surface area contributed by atoms with Crippen molar-refractivity contribution in [1.82, 2.24) is 20.2 Å². The van der Waals surface area contributed by atoms with E-state index in [2.05, 4.69) is 15.6 Å². The summed E-state index contributed by atoms with van der Waals surface area (Å²) in [6.45, 7) is 3.93. The number of hydrogen-bond donors (Lipinski definition) is 2. The standard InChI is InChI=1S/C22H25ClN4O2/c1-14-5-10-19(29-4)18(13-14)15(2)25-22(28)26-20(21-24-11-12-27(21)3)16-6-8-17(23)9-7-16/h5-13,15,20H,1-4H3,(H2,25,26,28). The topological polar surface area (TPSA) is 68.2 Å². The summed E-state index contributed by atoms with van der Waals surface area (Å²) in [4.78, 5) is 17.3. The molecule has 0 spiro atoms. The van der Waals surface area contributed by atoms with Gasteiger partial charge in [0.15, 0.2) is 0 Å². The highest BCUT2D eigenvalue weighted by atomic mass is 35.5. The number of amides is 2. The van der Waals surface area contributed by atoms with Gasteiger partial charge in [-0.1, -0.05) is 41.4 Å². The number of rotatable bonds is 6. The van der Waals surface area contributed by atoms with Crippen molar-refractivity contribution in [1.29, 1.82) is 0 Å². The summed E-state index contributed by atoms with van der Waals surface area (Å²) < 4.78 is 7.32. The summed E-state index contributed by atoms with van der Waals surface area (Å²) in [5.74, 6) is 1.46. The number of aryl methyl sites for hydroxylation is 2. The molecule has 0 bridgehead atoms. The molecule has 0 aliphatic heterocycles. The molecule has 3 aromatic rings. The number of benzene rings is 2. The summed E-state index contributed by atoms with van der Waals surface area (Å²) in [5, 5.41) is 6.67. The van der Waals surface area contributed by atoms with Crippen LogP contribution in [0.25, 0.3) is 0 Å². The van der Waals surface area contributed by atoms with Crippen LogP contribution in [0.15, 0.2) is 54.9 Å². The fraction of sp³-hybridized carbons (Fsp3) is 0.273. The van der Waals surface area contributed by atoms with Crippen LogP contribution in [0.1, 0.15) is 41.5 Å². The Kier molecular flexibility index (Phi) is 6.44. The smallest absolute Gasteiger partial charge is 0.316 e. The SMILES string of the molecule is COc1ccc(C)cc1C(C)NC(=O)NC(c1ccc(Cl)cc1)c1nccn1C. The molecule has 2 atom stereocenters. The van der Waals surface area contributed by atoms with Crippen molar-refractivity contribution in [3.8, 4) is 5.75 Å². The Balaban J connectivity index is 1.81. The molecule has 0 aliphatic rings. The minimum absolute atomic E-state index is 0.239. The lowest BCUT2D eigenvalue weighted by Crippen LogP contribution is -2.40. The molecule has 1 heterocycles. The van der Waals surface area contributed by atoms with Gasteiger partial charge in [-0.15, -0.1) is 0 Å². The Morgan fingerprint density at radius 1 is 1.17 bits per heavy atom. The Hall–Kier alpha value is -2.99. The van der Waals surface area contributed by atoms with Gasteiger partial charge < -0.3 is 19.9 Å². The largest absolute Gasteiger partial charge is 0.496 e. The molecular weight excluding hydrogens is 388 g/mol. The maximum atomic E-state index is 12.8. The van der Waals surface area contributed by atoms with Crippen molar-refractivity contribution in [3.63, 3.8) is 0 Å². The number of carbonyl (C=O) groups is 1. The first-order valence-corrected chi connectivity index (χ1v) is 9.71. The van der Waals surface area contributed by atoms with Crippen LogP contribution in [0.3, 0.4) is 0 Å². The zero-order valence-corrected chi connectivity index (χ0v) is 17.7. The molecule has 7 heteroatoms. The van der Waals surface area contributed by atoms with Crippen molar-refractivity contribution in [2.45, 2.75) is 25.9 Å². The third-order valence-electron chi connectivity index (χ3n) is 4.79. The molecule has 0 radical (unpaired) electrons.